The number of rotatable bonds is 5. The lowest BCUT2D eigenvalue weighted by molar-refractivity contribution is -0.120. The maximum atomic E-state index is 11.9. The first-order chi connectivity index (χ1) is 7.47. The summed E-state index contributed by atoms with van der Waals surface area (Å²) in [6.45, 7) is 1.98. The number of Topliss-reactive ketones (excluding diaryl/α,β-unsaturated/α-hetero) is 1. The molecule has 0 saturated heterocycles. The Bertz CT molecular complexity index is 327. The van der Waals surface area contributed by atoms with Crippen LogP contribution in [0.5, 0.6) is 0 Å². The predicted octanol–water partition coefficient (Wildman–Crippen LogP) is 1.56. The molecule has 1 fully saturated rings. The van der Waals surface area contributed by atoms with Gasteiger partial charge in [0, 0.05) is 25.9 Å². The number of unbranched alkanes of at least 4 members (excludes halogenated alkanes) is 1. The van der Waals surface area contributed by atoms with Gasteiger partial charge in [-0.25, -0.2) is 12.7 Å². The number of hydrogen-bond donors (Lipinski definition) is 0. The van der Waals surface area contributed by atoms with Gasteiger partial charge in [-0.05, 0) is 19.3 Å². The zero-order valence-electron chi connectivity index (χ0n) is 10.1. The van der Waals surface area contributed by atoms with E-state index in [1.807, 2.05) is 6.92 Å². The standard InChI is InChI=1S/C11H21NO3S/c1-3-4-9-16(14,15)12(2)10-5-7-11(13)8-6-10/h10H,3-9H2,1-2H3. The highest BCUT2D eigenvalue weighted by atomic mass is 32.2. The van der Waals surface area contributed by atoms with Gasteiger partial charge in [-0.1, -0.05) is 13.3 Å². The number of sulfonamides is 1. The maximum Gasteiger partial charge on any atom is 0.214 e. The van der Waals surface area contributed by atoms with Gasteiger partial charge in [0.25, 0.3) is 0 Å². The van der Waals surface area contributed by atoms with E-state index in [9.17, 15) is 13.2 Å². The van der Waals surface area contributed by atoms with Crippen molar-refractivity contribution in [2.45, 2.75) is 51.5 Å². The monoisotopic (exact) mass is 247 g/mol. The van der Waals surface area contributed by atoms with E-state index >= 15 is 0 Å². The third kappa shape index (κ3) is 3.56. The summed E-state index contributed by atoms with van der Waals surface area (Å²) >= 11 is 0. The van der Waals surface area contributed by atoms with Gasteiger partial charge in [-0.15, -0.1) is 0 Å². The third-order valence-corrected chi connectivity index (χ3v) is 5.20. The second kappa shape index (κ2) is 5.77. The summed E-state index contributed by atoms with van der Waals surface area (Å²) in [5.74, 6) is 0.486. The van der Waals surface area contributed by atoms with E-state index in [2.05, 4.69) is 0 Å². The molecule has 0 aromatic carbocycles. The predicted molar refractivity (Wildman–Crippen MR) is 63.7 cm³/mol. The topological polar surface area (TPSA) is 54.5 Å². The van der Waals surface area contributed by atoms with Gasteiger partial charge in [0.15, 0.2) is 0 Å². The molecule has 0 radical (unpaired) electrons. The molecule has 94 valence electrons. The fraction of sp³-hybridized carbons (Fsp3) is 0.909. The van der Waals surface area contributed by atoms with Crippen LogP contribution in [0.25, 0.3) is 0 Å². The summed E-state index contributed by atoms with van der Waals surface area (Å²) in [5.41, 5.74) is 0. The molecule has 0 N–H and O–H groups in total. The minimum atomic E-state index is -3.12. The summed E-state index contributed by atoms with van der Waals surface area (Å²) in [6.07, 6.45) is 4.01. The molecular weight excluding hydrogens is 226 g/mol. The van der Waals surface area contributed by atoms with Crippen molar-refractivity contribution in [3.05, 3.63) is 0 Å². The van der Waals surface area contributed by atoms with Crippen LogP contribution in [0.1, 0.15) is 45.4 Å². The van der Waals surface area contributed by atoms with Crippen molar-refractivity contribution in [3.8, 4) is 0 Å². The van der Waals surface area contributed by atoms with Gasteiger partial charge in [0.2, 0.25) is 10.0 Å². The van der Waals surface area contributed by atoms with E-state index in [1.165, 1.54) is 4.31 Å². The van der Waals surface area contributed by atoms with Crippen molar-refractivity contribution in [2.24, 2.45) is 0 Å². The van der Waals surface area contributed by atoms with E-state index in [4.69, 9.17) is 0 Å². The fourth-order valence-corrected chi connectivity index (χ4v) is 3.59. The van der Waals surface area contributed by atoms with Crippen LogP contribution in [0.2, 0.25) is 0 Å². The van der Waals surface area contributed by atoms with Gasteiger partial charge in [0.05, 0.1) is 5.75 Å². The normalized spacial score (nSPS) is 19.3. The first kappa shape index (κ1) is 13.6. The Morgan fingerprint density at radius 1 is 1.31 bits per heavy atom. The SMILES string of the molecule is CCCCS(=O)(=O)N(C)C1CCC(=O)CC1. The molecular formula is C11H21NO3S. The van der Waals surface area contributed by atoms with Crippen molar-refractivity contribution in [2.75, 3.05) is 12.8 Å². The fourth-order valence-electron chi connectivity index (χ4n) is 1.99. The Morgan fingerprint density at radius 3 is 2.38 bits per heavy atom. The number of carbonyl (C=O) groups excluding carboxylic acids is 1. The van der Waals surface area contributed by atoms with E-state index < -0.39 is 10.0 Å². The Balaban J connectivity index is 2.56. The van der Waals surface area contributed by atoms with Gasteiger partial charge in [-0.2, -0.15) is 0 Å². The quantitative estimate of drug-likeness (QED) is 0.741. The summed E-state index contributed by atoms with van der Waals surface area (Å²) < 4.78 is 25.3. The molecule has 0 bridgehead atoms. The summed E-state index contributed by atoms with van der Waals surface area (Å²) in [4.78, 5) is 11.1. The van der Waals surface area contributed by atoms with Crippen LogP contribution in [-0.2, 0) is 14.8 Å². The van der Waals surface area contributed by atoms with Crippen LogP contribution in [0, 0.1) is 0 Å². The van der Waals surface area contributed by atoms with Crippen molar-refractivity contribution >= 4 is 15.8 Å². The number of carbonyl (C=O) groups is 1. The average Bonchev–Trinajstić information content (AvgIpc) is 2.26. The molecule has 0 heterocycles. The zero-order valence-corrected chi connectivity index (χ0v) is 10.9. The number of nitrogens with zero attached hydrogens (tertiary/aromatic N) is 1. The molecule has 1 aliphatic rings. The lowest BCUT2D eigenvalue weighted by Gasteiger charge is -2.29. The lowest BCUT2D eigenvalue weighted by atomic mass is 9.95. The van der Waals surface area contributed by atoms with Crippen LogP contribution >= 0.6 is 0 Å². The van der Waals surface area contributed by atoms with E-state index in [1.54, 1.807) is 7.05 Å². The molecule has 0 amide bonds. The highest BCUT2D eigenvalue weighted by Crippen LogP contribution is 2.22. The molecule has 0 aliphatic heterocycles. The Morgan fingerprint density at radius 2 is 1.88 bits per heavy atom. The Kier molecular flexibility index (Phi) is 4.92. The number of hydrogen-bond acceptors (Lipinski definition) is 3. The van der Waals surface area contributed by atoms with Gasteiger partial charge in [0.1, 0.15) is 5.78 Å². The van der Waals surface area contributed by atoms with Crippen molar-refractivity contribution in [3.63, 3.8) is 0 Å². The van der Waals surface area contributed by atoms with Gasteiger partial charge >= 0.3 is 0 Å². The van der Waals surface area contributed by atoms with Gasteiger partial charge < -0.3 is 0 Å². The highest BCUT2D eigenvalue weighted by Gasteiger charge is 2.28. The smallest absolute Gasteiger partial charge is 0.214 e. The van der Waals surface area contributed by atoms with Crippen LogP contribution < -0.4 is 0 Å². The molecule has 16 heavy (non-hydrogen) atoms. The van der Waals surface area contributed by atoms with E-state index in [-0.39, 0.29) is 17.6 Å². The molecule has 5 heteroatoms. The molecule has 0 unspecified atom stereocenters. The first-order valence-electron chi connectivity index (χ1n) is 5.94. The van der Waals surface area contributed by atoms with Crippen molar-refractivity contribution < 1.29 is 13.2 Å². The lowest BCUT2D eigenvalue weighted by Crippen LogP contribution is -2.40. The largest absolute Gasteiger partial charge is 0.300 e. The van der Waals surface area contributed by atoms with Crippen molar-refractivity contribution in [1.82, 2.24) is 4.31 Å². The summed E-state index contributed by atoms with van der Waals surface area (Å²) in [6, 6.07) is 0.0274. The zero-order chi connectivity index (χ0) is 12.2. The minimum absolute atomic E-state index is 0.0274. The molecule has 0 aromatic rings. The van der Waals surface area contributed by atoms with Crippen LogP contribution in [0.4, 0.5) is 0 Å². The van der Waals surface area contributed by atoms with Crippen LogP contribution in [0.15, 0.2) is 0 Å². The minimum Gasteiger partial charge on any atom is -0.300 e. The molecule has 1 rings (SSSR count). The summed E-state index contributed by atoms with van der Waals surface area (Å²) in [7, 11) is -1.47. The third-order valence-electron chi connectivity index (χ3n) is 3.22. The number of ketones is 1. The second-order valence-electron chi connectivity index (χ2n) is 4.46. The molecule has 4 nitrogen and oxygen atoms in total. The second-order valence-corrected chi connectivity index (χ2v) is 6.60. The van der Waals surface area contributed by atoms with E-state index in [0.29, 0.717) is 32.1 Å². The van der Waals surface area contributed by atoms with Crippen LogP contribution in [-0.4, -0.2) is 37.3 Å². The average molecular weight is 247 g/mol. The molecule has 1 aliphatic carbocycles. The molecule has 0 atom stereocenters. The molecule has 0 aromatic heterocycles. The highest BCUT2D eigenvalue weighted by molar-refractivity contribution is 7.89. The first-order valence-corrected chi connectivity index (χ1v) is 7.55. The van der Waals surface area contributed by atoms with E-state index in [0.717, 1.165) is 6.42 Å². The van der Waals surface area contributed by atoms with Gasteiger partial charge in [-0.3, -0.25) is 4.79 Å². The Labute approximate surface area is 98.1 Å². The molecule has 1 saturated carbocycles. The Hall–Kier alpha value is -0.420. The maximum absolute atomic E-state index is 11.9. The molecule has 0 spiro atoms. The summed E-state index contributed by atoms with van der Waals surface area (Å²) in [5, 5.41) is 0. The van der Waals surface area contributed by atoms with Crippen LogP contribution in [0.3, 0.4) is 0 Å². The van der Waals surface area contributed by atoms with Crippen molar-refractivity contribution in [1.29, 1.82) is 0 Å².